The number of hydrogen-bond donors (Lipinski definition) is 1. The number of methoxy groups -OCH3 is 1. The van der Waals surface area contributed by atoms with Crippen LogP contribution in [0.1, 0.15) is 25.6 Å². The standard InChI is InChI=1S/C21H27N5O4S/c1-3-17-24-18-19(15-8-4-5-9-16(15)23-20(18)22)26(17)11-7-6-10-25(21(27)30-2)14-12-31(28,29)13-14/h4-5,8-9,14H,3,6-7,10-13H2,1-2H3,(H2,22,23). The zero-order valence-electron chi connectivity index (χ0n) is 17.7. The molecule has 3 heterocycles. The Bertz CT molecular complexity index is 1230. The van der Waals surface area contributed by atoms with Crippen molar-refractivity contribution in [1.29, 1.82) is 0 Å². The molecule has 0 atom stereocenters. The Hall–Kier alpha value is -2.88. The van der Waals surface area contributed by atoms with Crippen LogP contribution in [0.15, 0.2) is 24.3 Å². The Labute approximate surface area is 181 Å². The number of carbonyl (C=O) groups is 1. The molecule has 1 amide bonds. The molecule has 1 aliphatic heterocycles. The molecule has 1 fully saturated rings. The zero-order valence-corrected chi connectivity index (χ0v) is 18.6. The van der Waals surface area contributed by atoms with Gasteiger partial charge in [0.15, 0.2) is 15.7 Å². The summed E-state index contributed by atoms with van der Waals surface area (Å²) in [4.78, 5) is 22.9. The predicted molar refractivity (Wildman–Crippen MR) is 120 cm³/mol. The first kappa shape index (κ1) is 21.4. The lowest BCUT2D eigenvalue weighted by Gasteiger charge is -2.36. The number of pyridine rings is 1. The molecule has 0 aliphatic carbocycles. The van der Waals surface area contributed by atoms with Crippen LogP contribution in [0.3, 0.4) is 0 Å². The molecule has 2 aromatic heterocycles. The number of benzene rings is 1. The van der Waals surface area contributed by atoms with Crippen molar-refractivity contribution in [2.75, 3.05) is 30.9 Å². The van der Waals surface area contributed by atoms with E-state index in [0.717, 1.165) is 35.1 Å². The summed E-state index contributed by atoms with van der Waals surface area (Å²) in [6.45, 7) is 3.22. The van der Waals surface area contributed by atoms with Gasteiger partial charge in [-0.15, -0.1) is 0 Å². The van der Waals surface area contributed by atoms with Gasteiger partial charge in [-0.3, -0.25) is 0 Å². The van der Waals surface area contributed by atoms with Gasteiger partial charge < -0.3 is 19.9 Å². The number of amides is 1. The number of nitrogens with zero attached hydrogens (tertiary/aromatic N) is 4. The van der Waals surface area contributed by atoms with Crippen molar-refractivity contribution in [2.45, 2.75) is 38.8 Å². The first-order valence-electron chi connectivity index (χ1n) is 10.4. The van der Waals surface area contributed by atoms with Gasteiger partial charge in [0.2, 0.25) is 0 Å². The van der Waals surface area contributed by atoms with E-state index in [-0.39, 0.29) is 17.5 Å². The fraction of sp³-hybridized carbons (Fsp3) is 0.476. The van der Waals surface area contributed by atoms with Crippen molar-refractivity contribution < 1.29 is 17.9 Å². The van der Waals surface area contributed by atoms with E-state index in [1.807, 2.05) is 24.3 Å². The minimum absolute atomic E-state index is 0.00646. The second-order valence-corrected chi connectivity index (χ2v) is 10.00. The molecule has 1 aliphatic rings. The lowest BCUT2D eigenvalue weighted by Crippen LogP contribution is -2.55. The maximum Gasteiger partial charge on any atom is 0.409 e. The van der Waals surface area contributed by atoms with Gasteiger partial charge in [-0.05, 0) is 18.9 Å². The number of aromatic nitrogens is 3. The van der Waals surface area contributed by atoms with E-state index in [1.165, 1.54) is 12.0 Å². The number of imidazole rings is 1. The van der Waals surface area contributed by atoms with Gasteiger partial charge in [0.25, 0.3) is 0 Å². The maximum atomic E-state index is 12.1. The Morgan fingerprint density at radius 3 is 2.68 bits per heavy atom. The quantitative estimate of drug-likeness (QED) is 0.554. The number of aryl methyl sites for hydroxylation is 2. The van der Waals surface area contributed by atoms with E-state index < -0.39 is 15.9 Å². The average Bonchev–Trinajstić information content (AvgIpc) is 3.11. The molecule has 0 spiro atoms. The summed E-state index contributed by atoms with van der Waals surface area (Å²) < 4.78 is 30.1. The fourth-order valence-electron chi connectivity index (χ4n) is 4.23. The Balaban J connectivity index is 1.53. The summed E-state index contributed by atoms with van der Waals surface area (Å²) >= 11 is 0. The topological polar surface area (TPSA) is 120 Å². The number of nitrogens with two attached hydrogens (primary N) is 1. The number of ether oxygens (including phenoxy) is 1. The van der Waals surface area contributed by atoms with E-state index in [0.29, 0.717) is 30.8 Å². The largest absolute Gasteiger partial charge is 0.453 e. The highest BCUT2D eigenvalue weighted by Crippen LogP contribution is 2.29. The molecule has 0 saturated carbocycles. The lowest BCUT2D eigenvalue weighted by molar-refractivity contribution is 0.109. The number of rotatable bonds is 7. The molecule has 9 nitrogen and oxygen atoms in total. The van der Waals surface area contributed by atoms with Crippen molar-refractivity contribution in [2.24, 2.45) is 0 Å². The van der Waals surface area contributed by atoms with E-state index in [2.05, 4.69) is 16.5 Å². The smallest absolute Gasteiger partial charge is 0.409 e. The van der Waals surface area contributed by atoms with E-state index in [4.69, 9.17) is 15.5 Å². The molecular formula is C21H27N5O4S. The third-order valence-electron chi connectivity index (χ3n) is 5.78. The number of para-hydroxylation sites is 1. The van der Waals surface area contributed by atoms with Crippen molar-refractivity contribution in [1.82, 2.24) is 19.4 Å². The number of sulfone groups is 1. The van der Waals surface area contributed by atoms with Crippen LogP contribution in [0.4, 0.5) is 10.6 Å². The van der Waals surface area contributed by atoms with Gasteiger partial charge >= 0.3 is 6.09 Å². The second kappa shape index (κ2) is 8.33. The molecule has 2 N–H and O–H groups in total. The normalized spacial score (nSPS) is 15.8. The van der Waals surface area contributed by atoms with Crippen LogP contribution >= 0.6 is 0 Å². The second-order valence-electron chi connectivity index (χ2n) is 7.85. The zero-order chi connectivity index (χ0) is 22.2. The fourth-order valence-corrected chi connectivity index (χ4v) is 5.66. The van der Waals surface area contributed by atoms with Crippen LogP contribution in [-0.2, 0) is 27.5 Å². The minimum Gasteiger partial charge on any atom is -0.453 e. The molecule has 166 valence electrons. The average molecular weight is 446 g/mol. The summed E-state index contributed by atoms with van der Waals surface area (Å²) in [6.07, 6.45) is 1.79. The number of unbranched alkanes of at least 4 members (excludes halogenated alkanes) is 1. The number of nitrogen functional groups attached to an aromatic ring is 1. The molecule has 1 aromatic carbocycles. The molecule has 0 unspecified atom stereocenters. The number of hydrogen-bond acceptors (Lipinski definition) is 7. The molecule has 3 aromatic rings. The summed E-state index contributed by atoms with van der Waals surface area (Å²) in [5.41, 5.74) is 8.71. The Morgan fingerprint density at radius 1 is 1.26 bits per heavy atom. The number of fused-ring (bicyclic) bond motifs is 3. The Morgan fingerprint density at radius 2 is 2.00 bits per heavy atom. The van der Waals surface area contributed by atoms with E-state index in [1.54, 1.807) is 0 Å². The SMILES string of the molecule is CCc1nc2c(N)nc3ccccc3c2n1CCCCN(C(=O)OC)C1CS(=O)(=O)C1. The highest BCUT2D eigenvalue weighted by molar-refractivity contribution is 7.92. The predicted octanol–water partition coefficient (Wildman–Crippen LogP) is 2.37. The maximum absolute atomic E-state index is 12.1. The summed E-state index contributed by atoms with van der Waals surface area (Å²) in [6, 6.07) is 7.58. The molecule has 10 heteroatoms. The lowest BCUT2D eigenvalue weighted by atomic mass is 10.2. The monoisotopic (exact) mass is 445 g/mol. The van der Waals surface area contributed by atoms with Crippen LogP contribution in [-0.4, -0.2) is 65.1 Å². The van der Waals surface area contributed by atoms with Crippen molar-refractivity contribution in [3.05, 3.63) is 30.1 Å². The van der Waals surface area contributed by atoms with Crippen molar-refractivity contribution in [3.8, 4) is 0 Å². The van der Waals surface area contributed by atoms with Crippen LogP contribution in [0.25, 0.3) is 21.9 Å². The molecule has 1 saturated heterocycles. The molecule has 0 bridgehead atoms. The highest BCUT2D eigenvalue weighted by Gasteiger charge is 2.40. The van der Waals surface area contributed by atoms with Gasteiger partial charge in [-0.25, -0.2) is 23.2 Å². The number of carbonyl (C=O) groups excluding carboxylic acids is 1. The third kappa shape index (κ3) is 4.04. The van der Waals surface area contributed by atoms with Crippen molar-refractivity contribution >= 4 is 43.7 Å². The van der Waals surface area contributed by atoms with Gasteiger partial charge in [0, 0.05) is 24.9 Å². The highest BCUT2D eigenvalue weighted by atomic mass is 32.2. The van der Waals surface area contributed by atoms with Gasteiger partial charge in [0.1, 0.15) is 11.3 Å². The summed E-state index contributed by atoms with van der Waals surface area (Å²) in [5, 5.41) is 1.01. The molecular weight excluding hydrogens is 418 g/mol. The van der Waals surface area contributed by atoms with Crippen LogP contribution < -0.4 is 5.73 Å². The molecule has 0 radical (unpaired) electrons. The first-order valence-corrected chi connectivity index (χ1v) is 12.2. The van der Waals surface area contributed by atoms with Crippen LogP contribution in [0.5, 0.6) is 0 Å². The Kier molecular flexibility index (Phi) is 5.74. The van der Waals surface area contributed by atoms with Gasteiger partial charge in [-0.1, -0.05) is 25.1 Å². The third-order valence-corrected chi connectivity index (χ3v) is 7.56. The summed E-state index contributed by atoms with van der Waals surface area (Å²) in [5.74, 6) is 1.37. The van der Waals surface area contributed by atoms with Gasteiger partial charge in [0.05, 0.1) is 35.7 Å². The first-order chi connectivity index (χ1) is 14.8. The minimum atomic E-state index is -3.02. The van der Waals surface area contributed by atoms with E-state index >= 15 is 0 Å². The number of anilines is 1. The summed E-state index contributed by atoms with van der Waals surface area (Å²) in [7, 11) is -1.70. The molecule has 4 rings (SSSR count). The van der Waals surface area contributed by atoms with Crippen LogP contribution in [0, 0.1) is 0 Å². The molecule has 31 heavy (non-hydrogen) atoms. The van der Waals surface area contributed by atoms with Crippen molar-refractivity contribution in [3.63, 3.8) is 0 Å². The van der Waals surface area contributed by atoms with Gasteiger partial charge in [-0.2, -0.15) is 0 Å². The van der Waals surface area contributed by atoms with Crippen LogP contribution in [0.2, 0.25) is 0 Å². The van der Waals surface area contributed by atoms with E-state index in [9.17, 15) is 13.2 Å².